The first kappa shape index (κ1) is 21.7. The molecule has 0 spiro atoms. The number of hydrogen-bond donors (Lipinski definition) is 1. The molecule has 3 saturated carbocycles. The molecule has 5 aliphatic rings. The maximum Gasteiger partial charge on any atom is 0.228 e. The molecule has 5 fully saturated rings. The SMILES string of the molecule is CC1NCC2CCC(C3CCC(C(=O)N4CCN(C(=O)C5(C)CCC5)CC4)CC3)CC21. The molecule has 5 rings (SSSR count). The minimum Gasteiger partial charge on any atom is -0.339 e. The van der Waals surface area contributed by atoms with E-state index in [1.54, 1.807) is 0 Å². The highest BCUT2D eigenvalue weighted by Crippen LogP contribution is 2.46. The predicted molar refractivity (Wildman–Crippen MR) is 122 cm³/mol. The van der Waals surface area contributed by atoms with Crippen molar-refractivity contribution in [2.45, 2.75) is 84.1 Å². The number of fused-ring (bicyclic) bond motifs is 1. The highest BCUT2D eigenvalue weighted by Gasteiger charge is 2.44. The highest BCUT2D eigenvalue weighted by atomic mass is 16.2. The number of carbonyl (C=O) groups is 2. The molecule has 5 nitrogen and oxygen atoms in total. The number of hydrogen-bond acceptors (Lipinski definition) is 3. The van der Waals surface area contributed by atoms with E-state index in [2.05, 4.69) is 24.1 Å². The van der Waals surface area contributed by atoms with E-state index in [4.69, 9.17) is 0 Å². The van der Waals surface area contributed by atoms with Crippen LogP contribution in [-0.2, 0) is 9.59 Å². The molecule has 3 aliphatic carbocycles. The Kier molecular flexibility index (Phi) is 6.09. The average molecular weight is 430 g/mol. The summed E-state index contributed by atoms with van der Waals surface area (Å²) in [4.78, 5) is 30.0. The number of piperazine rings is 1. The van der Waals surface area contributed by atoms with Crippen molar-refractivity contribution < 1.29 is 9.59 Å². The van der Waals surface area contributed by atoms with Gasteiger partial charge in [0, 0.05) is 43.6 Å². The van der Waals surface area contributed by atoms with Gasteiger partial charge in [-0.25, -0.2) is 0 Å². The van der Waals surface area contributed by atoms with Gasteiger partial charge in [-0.15, -0.1) is 0 Å². The lowest BCUT2D eigenvalue weighted by Gasteiger charge is -2.44. The van der Waals surface area contributed by atoms with Gasteiger partial charge in [0.25, 0.3) is 0 Å². The summed E-state index contributed by atoms with van der Waals surface area (Å²) in [6.45, 7) is 8.65. The second kappa shape index (κ2) is 8.68. The van der Waals surface area contributed by atoms with Crippen LogP contribution in [0.3, 0.4) is 0 Å². The number of nitrogens with one attached hydrogen (secondary N) is 1. The Balaban J connectivity index is 1.07. The van der Waals surface area contributed by atoms with E-state index >= 15 is 0 Å². The third-order valence-electron chi connectivity index (χ3n) is 10.1. The summed E-state index contributed by atoms with van der Waals surface area (Å²) in [6.07, 6.45) is 12.1. The van der Waals surface area contributed by atoms with Gasteiger partial charge in [0.05, 0.1) is 0 Å². The Morgan fingerprint density at radius 1 is 0.839 bits per heavy atom. The Bertz CT molecular complexity index is 674. The fraction of sp³-hybridized carbons (Fsp3) is 0.923. The molecule has 2 amide bonds. The molecule has 0 aromatic rings. The molecule has 0 aromatic carbocycles. The quantitative estimate of drug-likeness (QED) is 0.745. The van der Waals surface area contributed by atoms with Crippen LogP contribution in [0.15, 0.2) is 0 Å². The molecule has 1 N–H and O–H groups in total. The fourth-order valence-corrected chi connectivity index (χ4v) is 7.61. The first-order valence-corrected chi connectivity index (χ1v) is 13.3. The zero-order chi connectivity index (χ0) is 21.6. The van der Waals surface area contributed by atoms with Gasteiger partial charge in [0.15, 0.2) is 0 Å². The van der Waals surface area contributed by atoms with Crippen molar-refractivity contribution in [1.29, 1.82) is 0 Å². The Hall–Kier alpha value is -1.10. The van der Waals surface area contributed by atoms with E-state index in [0.717, 1.165) is 75.5 Å². The summed E-state index contributed by atoms with van der Waals surface area (Å²) >= 11 is 0. The molecule has 0 bridgehead atoms. The van der Waals surface area contributed by atoms with E-state index in [0.29, 0.717) is 17.9 Å². The zero-order valence-electron chi connectivity index (χ0n) is 19.8. The van der Waals surface area contributed by atoms with E-state index in [9.17, 15) is 9.59 Å². The lowest BCUT2D eigenvalue weighted by Crippen LogP contribution is -2.56. The van der Waals surface area contributed by atoms with Gasteiger partial charge >= 0.3 is 0 Å². The molecule has 174 valence electrons. The normalized spacial score (nSPS) is 40.2. The Morgan fingerprint density at radius 2 is 1.45 bits per heavy atom. The summed E-state index contributed by atoms with van der Waals surface area (Å²) in [5.41, 5.74) is -0.115. The molecular formula is C26H43N3O2. The summed E-state index contributed by atoms with van der Waals surface area (Å²) in [5, 5.41) is 3.69. The number of amides is 2. The first-order chi connectivity index (χ1) is 14.9. The zero-order valence-corrected chi connectivity index (χ0v) is 19.8. The number of rotatable bonds is 3. The molecule has 5 heteroatoms. The molecule has 2 heterocycles. The molecule has 2 aliphatic heterocycles. The first-order valence-electron chi connectivity index (χ1n) is 13.3. The minimum atomic E-state index is -0.115. The van der Waals surface area contributed by atoms with Gasteiger partial charge in [-0.05, 0) is 94.9 Å². The van der Waals surface area contributed by atoms with Crippen molar-refractivity contribution in [2.24, 2.45) is 35.0 Å². The fourth-order valence-electron chi connectivity index (χ4n) is 7.61. The van der Waals surface area contributed by atoms with E-state index in [-0.39, 0.29) is 11.3 Å². The van der Waals surface area contributed by atoms with Crippen LogP contribution in [0.25, 0.3) is 0 Å². The highest BCUT2D eigenvalue weighted by molar-refractivity contribution is 5.84. The van der Waals surface area contributed by atoms with Crippen LogP contribution < -0.4 is 5.32 Å². The molecule has 4 unspecified atom stereocenters. The third kappa shape index (κ3) is 4.16. The minimum absolute atomic E-state index is 0.115. The topological polar surface area (TPSA) is 52.7 Å². The molecule has 2 saturated heterocycles. The average Bonchev–Trinajstić information content (AvgIpc) is 3.17. The molecule has 0 aromatic heterocycles. The molecule has 0 radical (unpaired) electrons. The monoisotopic (exact) mass is 429 g/mol. The van der Waals surface area contributed by atoms with Gasteiger partial charge in [-0.3, -0.25) is 9.59 Å². The van der Waals surface area contributed by atoms with Crippen LogP contribution >= 0.6 is 0 Å². The second-order valence-electron chi connectivity index (χ2n) is 11.8. The number of nitrogens with zero attached hydrogens (tertiary/aromatic N) is 2. The lowest BCUT2D eigenvalue weighted by atomic mass is 9.65. The Labute approximate surface area is 188 Å². The molecular weight excluding hydrogens is 386 g/mol. The lowest BCUT2D eigenvalue weighted by molar-refractivity contribution is -0.151. The van der Waals surface area contributed by atoms with Crippen LogP contribution in [0.5, 0.6) is 0 Å². The van der Waals surface area contributed by atoms with Gasteiger partial charge < -0.3 is 15.1 Å². The summed E-state index contributed by atoms with van der Waals surface area (Å²) < 4.78 is 0. The summed E-state index contributed by atoms with van der Waals surface area (Å²) in [7, 11) is 0. The standard InChI is InChI=1S/C26H43N3O2/c1-18-23-16-21(8-9-22(23)17-27-18)19-4-6-20(7-5-19)24(30)28-12-14-29(15-13-28)25(31)26(2)10-3-11-26/h18-23,27H,3-17H2,1-2H3. The summed E-state index contributed by atoms with van der Waals surface area (Å²) in [6, 6.07) is 0.697. The van der Waals surface area contributed by atoms with Crippen molar-refractivity contribution in [2.75, 3.05) is 32.7 Å². The van der Waals surface area contributed by atoms with Crippen molar-refractivity contribution in [1.82, 2.24) is 15.1 Å². The predicted octanol–water partition coefficient (Wildman–Crippen LogP) is 3.68. The maximum absolute atomic E-state index is 13.2. The van der Waals surface area contributed by atoms with Crippen LogP contribution in [-0.4, -0.2) is 60.4 Å². The van der Waals surface area contributed by atoms with E-state index in [1.165, 1.54) is 45.1 Å². The maximum atomic E-state index is 13.2. The smallest absolute Gasteiger partial charge is 0.228 e. The Morgan fingerprint density at radius 3 is 2.10 bits per heavy atom. The number of carbonyl (C=O) groups excluding carboxylic acids is 2. The van der Waals surface area contributed by atoms with E-state index in [1.807, 2.05) is 4.90 Å². The van der Waals surface area contributed by atoms with E-state index < -0.39 is 0 Å². The molecule has 31 heavy (non-hydrogen) atoms. The van der Waals surface area contributed by atoms with Gasteiger partial charge in [0.1, 0.15) is 0 Å². The van der Waals surface area contributed by atoms with Gasteiger partial charge in [-0.1, -0.05) is 13.3 Å². The van der Waals surface area contributed by atoms with Crippen molar-refractivity contribution in [3.63, 3.8) is 0 Å². The second-order valence-corrected chi connectivity index (χ2v) is 11.8. The van der Waals surface area contributed by atoms with Crippen molar-refractivity contribution in [3.05, 3.63) is 0 Å². The molecule has 4 atom stereocenters. The van der Waals surface area contributed by atoms with Crippen molar-refractivity contribution >= 4 is 11.8 Å². The third-order valence-corrected chi connectivity index (χ3v) is 10.1. The van der Waals surface area contributed by atoms with Gasteiger partial charge in [-0.2, -0.15) is 0 Å². The van der Waals surface area contributed by atoms with Crippen molar-refractivity contribution in [3.8, 4) is 0 Å². The van der Waals surface area contributed by atoms with Crippen LogP contribution in [0.2, 0.25) is 0 Å². The van der Waals surface area contributed by atoms with Crippen LogP contribution in [0.1, 0.15) is 78.1 Å². The summed E-state index contributed by atoms with van der Waals surface area (Å²) in [5.74, 6) is 4.47. The largest absolute Gasteiger partial charge is 0.339 e. The van der Waals surface area contributed by atoms with Crippen LogP contribution in [0.4, 0.5) is 0 Å². The van der Waals surface area contributed by atoms with Gasteiger partial charge in [0.2, 0.25) is 11.8 Å². The van der Waals surface area contributed by atoms with Crippen LogP contribution in [0, 0.1) is 35.0 Å².